The molecule has 0 radical (unpaired) electrons. The summed E-state index contributed by atoms with van der Waals surface area (Å²) in [6.45, 7) is 2.62. The summed E-state index contributed by atoms with van der Waals surface area (Å²) in [6, 6.07) is 6.01. The van der Waals surface area contributed by atoms with Crippen LogP contribution >= 0.6 is 0 Å². The first-order valence-corrected chi connectivity index (χ1v) is 9.02. The van der Waals surface area contributed by atoms with E-state index >= 15 is 0 Å². The van der Waals surface area contributed by atoms with Crippen molar-refractivity contribution in [2.45, 2.75) is 58.0 Å². The molecule has 132 valence electrons. The molecule has 1 aromatic heterocycles. The van der Waals surface area contributed by atoms with E-state index in [4.69, 9.17) is 0 Å². The highest BCUT2D eigenvalue weighted by Crippen LogP contribution is 2.22. The fourth-order valence-corrected chi connectivity index (χ4v) is 3.38. The zero-order valence-electron chi connectivity index (χ0n) is 14.7. The van der Waals surface area contributed by atoms with Crippen LogP contribution in [0.4, 0.5) is 0 Å². The van der Waals surface area contributed by atoms with Crippen molar-refractivity contribution in [1.82, 2.24) is 14.9 Å². The molecule has 5 heteroatoms. The monoisotopic (exact) mass is 339 g/mol. The molecule has 0 saturated heterocycles. The number of benzene rings is 1. The molecule has 1 unspecified atom stereocenters. The molecule has 5 nitrogen and oxygen atoms in total. The Hall–Kier alpha value is -2.43. The minimum absolute atomic E-state index is 0.000506. The van der Waals surface area contributed by atoms with E-state index in [0.717, 1.165) is 18.4 Å². The van der Waals surface area contributed by atoms with E-state index in [0.29, 0.717) is 6.54 Å². The Kier molecular flexibility index (Phi) is 5.64. The smallest absolute Gasteiger partial charge is 0.220 e. The Bertz CT molecular complexity index is 737. The number of nitrogens with zero attached hydrogens (tertiary/aromatic N) is 2. The Morgan fingerprint density at radius 2 is 2.00 bits per heavy atom. The average Bonchev–Trinajstić information content (AvgIpc) is 3.12. The van der Waals surface area contributed by atoms with Gasteiger partial charge in [-0.1, -0.05) is 12.1 Å². The van der Waals surface area contributed by atoms with Crippen molar-refractivity contribution in [3.05, 3.63) is 53.6 Å². The Balaban J connectivity index is 1.47. The highest BCUT2D eigenvalue weighted by Gasteiger charge is 2.15. The minimum atomic E-state index is -0.0843. The lowest BCUT2D eigenvalue weighted by atomic mass is 9.89. The van der Waals surface area contributed by atoms with Gasteiger partial charge in [-0.05, 0) is 49.8 Å². The van der Waals surface area contributed by atoms with Crippen molar-refractivity contribution in [2.24, 2.45) is 0 Å². The third-order valence-electron chi connectivity index (χ3n) is 4.70. The maximum atomic E-state index is 12.4. The fourth-order valence-electron chi connectivity index (χ4n) is 3.38. The van der Waals surface area contributed by atoms with Crippen LogP contribution in [-0.2, 0) is 24.2 Å². The highest BCUT2D eigenvalue weighted by atomic mass is 16.2. The second-order valence-corrected chi connectivity index (χ2v) is 6.84. The number of carbonyl (C=O) groups is 2. The molecule has 1 aromatic carbocycles. The molecule has 2 aromatic rings. The molecule has 0 fully saturated rings. The van der Waals surface area contributed by atoms with Gasteiger partial charge in [-0.3, -0.25) is 9.59 Å². The summed E-state index contributed by atoms with van der Waals surface area (Å²) in [4.78, 5) is 28.4. The van der Waals surface area contributed by atoms with Crippen molar-refractivity contribution in [1.29, 1.82) is 0 Å². The lowest BCUT2D eigenvalue weighted by molar-refractivity contribution is -0.121. The summed E-state index contributed by atoms with van der Waals surface area (Å²) in [5.74, 6) is -0.0373. The van der Waals surface area contributed by atoms with Crippen molar-refractivity contribution < 1.29 is 9.59 Å². The number of aryl methyl sites for hydroxylation is 2. The van der Waals surface area contributed by atoms with E-state index in [1.165, 1.54) is 24.0 Å². The molecule has 0 bridgehead atoms. The van der Waals surface area contributed by atoms with E-state index in [9.17, 15) is 9.59 Å². The molecular formula is C20H25N3O2. The Labute approximate surface area is 148 Å². The lowest BCUT2D eigenvalue weighted by Gasteiger charge is -2.16. The first kappa shape index (κ1) is 17.4. The lowest BCUT2D eigenvalue weighted by Crippen LogP contribution is -2.35. The van der Waals surface area contributed by atoms with Gasteiger partial charge in [-0.25, -0.2) is 4.98 Å². The summed E-state index contributed by atoms with van der Waals surface area (Å²) in [7, 11) is 0. The molecule has 1 amide bonds. The van der Waals surface area contributed by atoms with Crippen LogP contribution < -0.4 is 5.32 Å². The molecule has 3 rings (SSSR count). The highest BCUT2D eigenvalue weighted by molar-refractivity contribution is 5.98. The largest absolute Gasteiger partial charge is 0.352 e. The number of hydrogen-bond donors (Lipinski definition) is 1. The molecule has 1 aliphatic rings. The van der Waals surface area contributed by atoms with E-state index in [1.807, 2.05) is 29.8 Å². The minimum Gasteiger partial charge on any atom is -0.352 e. The van der Waals surface area contributed by atoms with E-state index in [1.54, 1.807) is 12.5 Å². The van der Waals surface area contributed by atoms with Crippen LogP contribution in [0.25, 0.3) is 0 Å². The van der Waals surface area contributed by atoms with Gasteiger partial charge < -0.3 is 9.88 Å². The summed E-state index contributed by atoms with van der Waals surface area (Å²) in [6.07, 6.45) is 10.4. The maximum Gasteiger partial charge on any atom is 0.220 e. The van der Waals surface area contributed by atoms with Crippen LogP contribution in [0.15, 0.2) is 36.9 Å². The number of amides is 1. The Morgan fingerprint density at radius 1 is 1.20 bits per heavy atom. The predicted octanol–water partition coefficient (Wildman–Crippen LogP) is 2.93. The van der Waals surface area contributed by atoms with Gasteiger partial charge in [0.1, 0.15) is 0 Å². The topological polar surface area (TPSA) is 64.0 Å². The molecule has 0 spiro atoms. The van der Waals surface area contributed by atoms with Crippen molar-refractivity contribution in [2.75, 3.05) is 0 Å². The van der Waals surface area contributed by atoms with Crippen LogP contribution in [-0.4, -0.2) is 27.3 Å². The number of nitrogens with one attached hydrogen (secondary N) is 1. The summed E-state index contributed by atoms with van der Waals surface area (Å²) >= 11 is 0. The van der Waals surface area contributed by atoms with E-state index in [2.05, 4.69) is 16.4 Å². The normalized spacial score (nSPS) is 14.6. The van der Waals surface area contributed by atoms with Gasteiger partial charge in [-0.15, -0.1) is 0 Å². The van der Waals surface area contributed by atoms with Crippen LogP contribution in [0.2, 0.25) is 0 Å². The molecule has 1 N–H and O–H groups in total. The summed E-state index contributed by atoms with van der Waals surface area (Å²) < 4.78 is 1.92. The second-order valence-electron chi connectivity index (χ2n) is 6.84. The van der Waals surface area contributed by atoms with Gasteiger partial charge in [0, 0.05) is 43.4 Å². The average molecular weight is 339 g/mol. The van der Waals surface area contributed by atoms with Gasteiger partial charge in [0.15, 0.2) is 5.78 Å². The Morgan fingerprint density at radius 3 is 2.76 bits per heavy atom. The van der Waals surface area contributed by atoms with Crippen LogP contribution in [0.1, 0.15) is 54.1 Å². The molecular weight excluding hydrogens is 314 g/mol. The van der Waals surface area contributed by atoms with Crippen LogP contribution in [0, 0.1) is 0 Å². The number of carbonyl (C=O) groups excluding carboxylic acids is 2. The van der Waals surface area contributed by atoms with E-state index in [-0.39, 0.29) is 30.6 Å². The van der Waals surface area contributed by atoms with Gasteiger partial charge in [0.05, 0.1) is 6.33 Å². The number of imidazole rings is 1. The number of hydrogen-bond acceptors (Lipinski definition) is 3. The standard InChI is InChI=1S/C20H25N3O2/c1-15(13-23-11-10-21-14-23)22-20(25)9-8-19(24)18-7-6-16-4-2-3-5-17(16)12-18/h6-7,10-12,14-15H,2-5,8-9,13H2,1H3,(H,22,25). The zero-order chi connectivity index (χ0) is 17.6. The third kappa shape index (κ3) is 4.78. The number of fused-ring (bicyclic) bond motifs is 1. The van der Waals surface area contributed by atoms with Gasteiger partial charge in [0.2, 0.25) is 5.91 Å². The van der Waals surface area contributed by atoms with Gasteiger partial charge in [-0.2, -0.15) is 0 Å². The molecule has 0 saturated carbocycles. The number of Topliss-reactive ketones (excluding diaryl/α,β-unsaturated/α-hetero) is 1. The number of aromatic nitrogens is 2. The molecule has 25 heavy (non-hydrogen) atoms. The molecule has 1 atom stereocenters. The van der Waals surface area contributed by atoms with Gasteiger partial charge in [0.25, 0.3) is 0 Å². The molecule has 1 aliphatic carbocycles. The van der Waals surface area contributed by atoms with Gasteiger partial charge >= 0.3 is 0 Å². The summed E-state index contributed by atoms with van der Waals surface area (Å²) in [5, 5.41) is 2.94. The first-order chi connectivity index (χ1) is 12.1. The zero-order valence-corrected chi connectivity index (χ0v) is 14.7. The number of ketones is 1. The number of rotatable bonds is 7. The molecule has 0 aliphatic heterocycles. The van der Waals surface area contributed by atoms with Crippen molar-refractivity contribution in [3.8, 4) is 0 Å². The predicted molar refractivity (Wildman–Crippen MR) is 96.5 cm³/mol. The first-order valence-electron chi connectivity index (χ1n) is 9.02. The van der Waals surface area contributed by atoms with Crippen LogP contribution in [0.3, 0.4) is 0 Å². The van der Waals surface area contributed by atoms with Crippen molar-refractivity contribution in [3.63, 3.8) is 0 Å². The van der Waals surface area contributed by atoms with Crippen molar-refractivity contribution >= 4 is 11.7 Å². The second kappa shape index (κ2) is 8.10. The van der Waals surface area contributed by atoms with Crippen LogP contribution in [0.5, 0.6) is 0 Å². The maximum absolute atomic E-state index is 12.4. The third-order valence-corrected chi connectivity index (χ3v) is 4.70. The summed E-state index contributed by atoms with van der Waals surface area (Å²) in [5.41, 5.74) is 3.41. The molecule has 1 heterocycles. The van der Waals surface area contributed by atoms with E-state index < -0.39 is 0 Å². The fraction of sp³-hybridized carbons (Fsp3) is 0.450. The SMILES string of the molecule is CC(Cn1ccnc1)NC(=O)CCC(=O)c1ccc2c(c1)CCCC2. The quantitative estimate of drug-likeness (QED) is 0.789.